The third-order valence-corrected chi connectivity index (χ3v) is 2.79. The van der Waals surface area contributed by atoms with Gasteiger partial charge in [0, 0.05) is 12.6 Å². The third-order valence-electron chi connectivity index (χ3n) is 2.79. The van der Waals surface area contributed by atoms with Gasteiger partial charge in [-0.25, -0.2) is 0 Å². The van der Waals surface area contributed by atoms with Crippen LogP contribution in [0.25, 0.3) is 6.08 Å². The lowest BCUT2D eigenvalue weighted by Gasteiger charge is -2.10. The predicted molar refractivity (Wildman–Crippen MR) is 74.4 cm³/mol. The summed E-state index contributed by atoms with van der Waals surface area (Å²) < 4.78 is 63.2. The molecule has 22 heavy (non-hydrogen) atoms. The number of hydrogen-bond donors (Lipinski definition) is 1. The van der Waals surface area contributed by atoms with E-state index in [0.717, 1.165) is 12.1 Å². The summed E-state index contributed by atoms with van der Waals surface area (Å²) in [6, 6.07) is 1.96. The van der Waals surface area contributed by atoms with Crippen molar-refractivity contribution in [1.82, 2.24) is 5.32 Å². The molecule has 0 aromatic heterocycles. The molecule has 0 radical (unpaired) electrons. The second-order valence-corrected chi connectivity index (χ2v) is 5.15. The summed E-state index contributed by atoms with van der Waals surface area (Å²) in [6.45, 7) is 1.59. The van der Waals surface area contributed by atoms with Crippen LogP contribution in [0.1, 0.15) is 27.7 Å². The van der Waals surface area contributed by atoms with Gasteiger partial charge in [0.05, 0.1) is 0 Å². The minimum absolute atomic E-state index is 0.0436. The van der Waals surface area contributed by atoms with E-state index in [9.17, 15) is 18.0 Å². The van der Waals surface area contributed by atoms with Gasteiger partial charge in [-0.05, 0) is 29.7 Å². The molecule has 0 saturated carbocycles. The molecule has 0 atom stereocenters. The molecule has 0 aliphatic carbocycles. The molecule has 1 aliphatic rings. The van der Waals surface area contributed by atoms with E-state index in [1.54, 1.807) is 0 Å². The minimum Gasteiger partial charge on any atom is -0.454 e. The van der Waals surface area contributed by atoms with Crippen molar-refractivity contribution in [2.24, 2.45) is 5.92 Å². The fourth-order valence-electron chi connectivity index (χ4n) is 1.75. The number of carbonyl (C=O) groups excluding carboxylic acids is 1. The number of ether oxygens (including phenoxy) is 2. The Labute approximate surface area is 128 Å². The molecule has 0 unspecified atom stereocenters. The molecule has 0 spiro atoms. The molecule has 4 nitrogen and oxygen atoms in total. The molecule has 7 heteroatoms. The second kappa shape index (κ2) is 6.29. The smallest absolute Gasteiger partial charge is 0.420 e. The van der Waals surface area contributed by atoms with Crippen molar-refractivity contribution in [3.63, 3.8) is 0 Å². The summed E-state index contributed by atoms with van der Waals surface area (Å²) in [5.74, 6) is -1.26. The van der Waals surface area contributed by atoms with E-state index in [0.29, 0.717) is 6.54 Å². The average Bonchev–Trinajstić information content (AvgIpc) is 2.74. The van der Waals surface area contributed by atoms with Gasteiger partial charge in [0.2, 0.25) is 12.7 Å². The van der Waals surface area contributed by atoms with E-state index in [1.165, 1.54) is 12.1 Å². The second-order valence-electron chi connectivity index (χ2n) is 5.15. The van der Waals surface area contributed by atoms with Crippen LogP contribution < -0.4 is 14.8 Å². The van der Waals surface area contributed by atoms with E-state index < -0.39 is 30.1 Å². The zero-order valence-electron chi connectivity index (χ0n) is 14.0. The maximum absolute atomic E-state index is 13.1. The number of amides is 1. The van der Waals surface area contributed by atoms with Gasteiger partial charge in [0.25, 0.3) is 0 Å². The summed E-state index contributed by atoms with van der Waals surface area (Å²) in [5.41, 5.74) is -1.12. The van der Waals surface area contributed by atoms with Gasteiger partial charge in [-0.1, -0.05) is 13.8 Å². The van der Waals surface area contributed by atoms with Crippen LogP contribution in [0.2, 0.25) is 0 Å². The van der Waals surface area contributed by atoms with Crippen LogP contribution in [0.5, 0.6) is 11.5 Å². The van der Waals surface area contributed by atoms with Crippen LogP contribution in [-0.2, 0) is 11.0 Å². The number of alkyl halides is 3. The number of benzene rings is 1. The maximum Gasteiger partial charge on any atom is 0.420 e. The summed E-state index contributed by atoms with van der Waals surface area (Å²) in [5, 5.41) is 2.60. The van der Waals surface area contributed by atoms with Crippen molar-refractivity contribution in [2.45, 2.75) is 20.0 Å². The van der Waals surface area contributed by atoms with E-state index >= 15 is 0 Å². The van der Waals surface area contributed by atoms with Gasteiger partial charge in [0.1, 0.15) is 8.30 Å². The molecule has 1 amide bonds. The molecular weight excluding hydrogens is 299 g/mol. The first-order chi connectivity index (χ1) is 11.0. The van der Waals surface area contributed by atoms with Gasteiger partial charge >= 0.3 is 6.18 Å². The van der Waals surface area contributed by atoms with Crippen LogP contribution in [0.3, 0.4) is 0 Å². The lowest BCUT2D eigenvalue weighted by molar-refractivity contribution is -0.138. The molecule has 1 N–H and O–H groups in total. The SMILES string of the molecule is [2H]C1([2H])Oc2cc(/C=C/C(=O)NCC(C)C)cc(C(F)(F)F)c2O1. The molecule has 0 bridgehead atoms. The number of nitrogens with one attached hydrogen (secondary N) is 1. The van der Waals surface area contributed by atoms with Crippen LogP contribution in [0.15, 0.2) is 18.2 Å². The molecule has 120 valence electrons. The van der Waals surface area contributed by atoms with Gasteiger partial charge in [0.15, 0.2) is 11.5 Å². The van der Waals surface area contributed by atoms with Crippen LogP contribution in [0.4, 0.5) is 13.2 Å². The third kappa shape index (κ3) is 3.93. The minimum atomic E-state index is -4.75. The Morgan fingerprint density at radius 2 is 2.18 bits per heavy atom. The Bertz CT molecular complexity index is 673. The van der Waals surface area contributed by atoms with E-state index in [1.807, 2.05) is 13.8 Å². The molecule has 1 aliphatic heterocycles. The summed E-state index contributed by atoms with van der Waals surface area (Å²) in [6.07, 6.45) is -2.45. The van der Waals surface area contributed by atoms with E-state index in [-0.39, 0.29) is 17.2 Å². The van der Waals surface area contributed by atoms with Gasteiger partial charge in [-0.3, -0.25) is 4.79 Å². The van der Waals surface area contributed by atoms with Crippen molar-refractivity contribution in [3.8, 4) is 11.5 Å². The fraction of sp³-hybridized carbons (Fsp3) is 0.400. The lowest BCUT2D eigenvalue weighted by atomic mass is 10.1. The van der Waals surface area contributed by atoms with Crippen LogP contribution >= 0.6 is 0 Å². The van der Waals surface area contributed by atoms with Crippen molar-refractivity contribution in [3.05, 3.63) is 29.3 Å². The molecule has 0 fully saturated rings. The Balaban J connectivity index is 2.28. The largest absolute Gasteiger partial charge is 0.454 e. The standard InChI is InChI=1S/C15H16F3NO3/c1-9(2)7-19-13(20)4-3-10-5-11(15(16,17)18)14-12(6-10)21-8-22-14/h3-6,9H,7-8H2,1-2H3,(H,19,20)/b4-3+/i8D2. The van der Waals surface area contributed by atoms with Crippen molar-refractivity contribution in [2.75, 3.05) is 13.3 Å². The predicted octanol–water partition coefficient (Wildman–Crippen LogP) is 3.22. The lowest BCUT2D eigenvalue weighted by Crippen LogP contribution is -2.25. The maximum atomic E-state index is 13.1. The first-order valence-corrected chi connectivity index (χ1v) is 6.57. The summed E-state index contributed by atoms with van der Waals surface area (Å²) in [4.78, 5) is 11.6. The van der Waals surface area contributed by atoms with Gasteiger partial charge in [-0.2, -0.15) is 13.2 Å². The highest BCUT2D eigenvalue weighted by Crippen LogP contribution is 2.45. The Hall–Kier alpha value is -2.18. The number of rotatable bonds is 4. The molecule has 1 aromatic rings. The Kier molecular flexibility index (Phi) is 3.86. The highest BCUT2D eigenvalue weighted by atomic mass is 19.4. The van der Waals surface area contributed by atoms with Crippen LogP contribution in [0, 0.1) is 5.92 Å². The van der Waals surface area contributed by atoms with Crippen molar-refractivity contribution >= 4 is 12.0 Å². The molecule has 2 rings (SSSR count). The number of halogens is 3. The van der Waals surface area contributed by atoms with Gasteiger partial charge < -0.3 is 14.8 Å². The number of hydrogen-bond acceptors (Lipinski definition) is 3. The molecular formula is C15H16F3NO3. The number of carbonyl (C=O) groups is 1. The summed E-state index contributed by atoms with van der Waals surface area (Å²) >= 11 is 0. The Morgan fingerprint density at radius 3 is 2.82 bits per heavy atom. The summed E-state index contributed by atoms with van der Waals surface area (Å²) in [7, 11) is 0. The molecule has 1 aromatic carbocycles. The van der Waals surface area contributed by atoms with E-state index in [2.05, 4.69) is 10.1 Å². The fourth-order valence-corrected chi connectivity index (χ4v) is 1.75. The monoisotopic (exact) mass is 317 g/mol. The molecule has 0 saturated heterocycles. The first-order valence-electron chi connectivity index (χ1n) is 7.57. The first kappa shape index (κ1) is 13.5. The molecule has 1 heterocycles. The topological polar surface area (TPSA) is 47.6 Å². The highest BCUT2D eigenvalue weighted by molar-refractivity contribution is 5.91. The normalized spacial score (nSPS) is 17.5. The van der Waals surface area contributed by atoms with Crippen LogP contribution in [-0.4, -0.2) is 19.2 Å². The van der Waals surface area contributed by atoms with Crippen molar-refractivity contribution in [1.29, 1.82) is 0 Å². The quantitative estimate of drug-likeness (QED) is 0.868. The van der Waals surface area contributed by atoms with Gasteiger partial charge in [-0.15, -0.1) is 0 Å². The Morgan fingerprint density at radius 1 is 1.45 bits per heavy atom. The van der Waals surface area contributed by atoms with Crippen molar-refractivity contribution < 1.29 is 30.2 Å². The zero-order chi connectivity index (χ0) is 18.1. The number of fused-ring (bicyclic) bond motifs is 1. The average molecular weight is 317 g/mol. The van der Waals surface area contributed by atoms with E-state index in [4.69, 9.17) is 7.48 Å². The zero-order valence-corrected chi connectivity index (χ0v) is 12.0. The highest BCUT2D eigenvalue weighted by Gasteiger charge is 2.38.